The van der Waals surface area contributed by atoms with Crippen LogP contribution in [-0.2, 0) is 20.8 Å². The molecule has 1 aliphatic carbocycles. The van der Waals surface area contributed by atoms with Crippen molar-refractivity contribution in [2.75, 3.05) is 31.2 Å². The lowest BCUT2D eigenvalue weighted by atomic mass is 9.90. The molecule has 2 saturated heterocycles. The van der Waals surface area contributed by atoms with Gasteiger partial charge in [-0.05, 0) is 94.5 Å². The van der Waals surface area contributed by atoms with Crippen LogP contribution in [0.15, 0.2) is 30.5 Å². The van der Waals surface area contributed by atoms with Gasteiger partial charge in [0.05, 0.1) is 41.1 Å². The minimum Gasteiger partial charge on any atom is -0.444 e. The molecule has 3 fully saturated rings. The normalized spacial score (nSPS) is 26.3. The molecule has 3 unspecified atom stereocenters. The average Bonchev–Trinajstić information content (AvgIpc) is 3.47. The van der Waals surface area contributed by atoms with E-state index in [9.17, 15) is 15.2 Å². The minimum absolute atomic E-state index is 0.0371. The van der Waals surface area contributed by atoms with E-state index in [0.29, 0.717) is 37.2 Å². The van der Waals surface area contributed by atoms with Crippen molar-refractivity contribution in [3.63, 3.8) is 0 Å². The molecule has 1 amide bonds. The van der Waals surface area contributed by atoms with E-state index in [2.05, 4.69) is 22.0 Å². The lowest BCUT2D eigenvalue weighted by molar-refractivity contribution is -0.168. The summed E-state index contributed by atoms with van der Waals surface area (Å²) in [5, 5.41) is 19.9. The molecule has 4 aliphatic rings. The van der Waals surface area contributed by atoms with Crippen LogP contribution in [0.2, 0.25) is 0 Å². The summed E-state index contributed by atoms with van der Waals surface area (Å²) in [5.74, 6) is 0.971. The number of hydrogen-bond acceptors (Lipinski definition) is 9. The van der Waals surface area contributed by atoms with Gasteiger partial charge in [-0.15, -0.1) is 11.3 Å². The highest BCUT2D eigenvalue weighted by molar-refractivity contribution is 7.19. The molecule has 7 rings (SSSR count). The van der Waals surface area contributed by atoms with Crippen LogP contribution in [0.25, 0.3) is 21.3 Å². The maximum Gasteiger partial charge on any atom is 0.410 e. The first-order valence-electron chi connectivity index (χ1n) is 15.8. The second-order valence-corrected chi connectivity index (χ2v) is 14.7. The molecular formula is C34H40N4O5S. The number of aliphatic hydroxyl groups excluding tert-OH is 1. The maximum atomic E-state index is 13.6. The van der Waals surface area contributed by atoms with Crippen molar-refractivity contribution in [2.45, 2.75) is 89.4 Å². The number of amides is 1. The van der Waals surface area contributed by atoms with Gasteiger partial charge in [0.25, 0.3) is 0 Å². The van der Waals surface area contributed by atoms with Crippen LogP contribution in [0.3, 0.4) is 0 Å². The molecule has 2 aromatic heterocycles. The Hall–Kier alpha value is -3.23. The van der Waals surface area contributed by atoms with Gasteiger partial charge in [-0.2, -0.15) is 5.26 Å². The van der Waals surface area contributed by atoms with Gasteiger partial charge in [-0.1, -0.05) is 0 Å². The first kappa shape index (κ1) is 29.5. The Morgan fingerprint density at radius 3 is 2.82 bits per heavy atom. The molecule has 1 N–H and O–H groups in total. The standard InChI is InChI=1S/C34H40N4O5S/c1-34(2,3)43-33(40)38-17-22(13-23(38)19-42-30-6-4-5-9-41-30)37-16-21-12-26(21)28-11-20(15-35)10-27(31(28)37)25-7-8-36-29-14-24(18-39)44-32(25)29/h7-8,10-11,14,21-23,26,30,39H,4-6,9,12-13,16-19H2,1-3H3/t21?,22-,23+,26?,30?/m0/s1. The number of rotatable bonds is 6. The number of thiophene rings is 1. The van der Waals surface area contributed by atoms with Crippen molar-refractivity contribution in [3.05, 3.63) is 46.5 Å². The summed E-state index contributed by atoms with van der Waals surface area (Å²) in [6, 6.07) is 10.4. The van der Waals surface area contributed by atoms with Crippen LogP contribution in [-0.4, -0.2) is 71.4 Å². The number of benzene rings is 1. The zero-order valence-electron chi connectivity index (χ0n) is 25.6. The summed E-state index contributed by atoms with van der Waals surface area (Å²) < 4.78 is 19.0. The third-order valence-electron chi connectivity index (χ3n) is 9.29. The SMILES string of the molecule is CC(C)(C)OC(=O)N1C[C@@H](N2CC3CC3c3cc(C#N)cc(-c4ccnc5cc(CO)sc45)c32)C[C@@H]1COC1CCCCO1. The maximum absolute atomic E-state index is 13.6. The fourth-order valence-electron chi connectivity index (χ4n) is 7.19. The van der Waals surface area contributed by atoms with Gasteiger partial charge in [0.1, 0.15) is 5.60 Å². The van der Waals surface area contributed by atoms with E-state index in [1.54, 1.807) is 11.3 Å². The van der Waals surface area contributed by atoms with Crippen LogP contribution in [0, 0.1) is 17.2 Å². The number of carbonyl (C=O) groups excluding carboxylic acids is 1. The molecule has 9 nitrogen and oxygen atoms in total. The number of nitriles is 1. The van der Waals surface area contributed by atoms with Crippen LogP contribution >= 0.6 is 11.3 Å². The zero-order valence-corrected chi connectivity index (χ0v) is 26.4. The molecule has 1 aromatic carbocycles. The number of aliphatic hydroxyl groups is 1. The van der Waals surface area contributed by atoms with Crippen LogP contribution in [0.5, 0.6) is 0 Å². The third kappa shape index (κ3) is 5.67. The van der Waals surface area contributed by atoms with Gasteiger partial charge in [-0.3, -0.25) is 4.98 Å². The number of likely N-dealkylation sites (tertiary alicyclic amines) is 1. The fraction of sp³-hybridized carbons (Fsp3) is 0.559. The van der Waals surface area contributed by atoms with E-state index < -0.39 is 5.60 Å². The van der Waals surface area contributed by atoms with Crippen molar-refractivity contribution in [1.29, 1.82) is 5.26 Å². The van der Waals surface area contributed by atoms with Crippen LogP contribution in [0.4, 0.5) is 10.5 Å². The molecule has 5 atom stereocenters. The lowest BCUT2D eigenvalue weighted by Crippen LogP contribution is -2.44. The smallest absolute Gasteiger partial charge is 0.410 e. The summed E-state index contributed by atoms with van der Waals surface area (Å²) in [7, 11) is 0. The Bertz CT molecular complexity index is 1600. The van der Waals surface area contributed by atoms with Crippen molar-refractivity contribution >= 4 is 33.3 Å². The Morgan fingerprint density at radius 2 is 2.07 bits per heavy atom. The van der Waals surface area contributed by atoms with Crippen molar-refractivity contribution < 1.29 is 24.1 Å². The topological polar surface area (TPSA) is 108 Å². The van der Waals surface area contributed by atoms with Crippen LogP contribution < -0.4 is 4.90 Å². The van der Waals surface area contributed by atoms with Gasteiger partial charge in [0.15, 0.2) is 6.29 Å². The zero-order chi connectivity index (χ0) is 30.6. The second kappa shape index (κ2) is 11.6. The number of fused-ring (bicyclic) bond motifs is 4. The van der Waals surface area contributed by atoms with E-state index >= 15 is 0 Å². The number of anilines is 1. The molecular weight excluding hydrogens is 576 g/mol. The van der Waals surface area contributed by atoms with E-state index in [-0.39, 0.29) is 31.1 Å². The first-order chi connectivity index (χ1) is 21.2. The summed E-state index contributed by atoms with van der Waals surface area (Å²) in [4.78, 5) is 23.4. The van der Waals surface area contributed by atoms with Gasteiger partial charge in [0.2, 0.25) is 0 Å². The average molecular weight is 617 g/mol. The molecule has 10 heteroatoms. The predicted molar refractivity (Wildman–Crippen MR) is 169 cm³/mol. The second-order valence-electron chi connectivity index (χ2n) is 13.6. The number of aromatic nitrogens is 1. The molecule has 5 heterocycles. The van der Waals surface area contributed by atoms with Gasteiger partial charge < -0.3 is 29.1 Å². The Balaban J connectivity index is 1.26. The molecule has 0 spiro atoms. The van der Waals surface area contributed by atoms with Crippen molar-refractivity contribution in [3.8, 4) is 17.2 Å². The highest BCUT2D eigenvalue weighted by Crippen LogP contribution is 2.58. The van der Waals surface area contributed by atoms with Gasteiger partial charge >= 0.3 is 6.09 Å². The summed E-state index contributed by atoms with van der Waals surface area (Å²) in [6.07, 6.45) is 6.13. The Kier molecular flexibility index (Phi) is 7.78. The quantitative estimate of drug-likeness (QED) is 0.350. The Morgan fingerprint density at radius 1 is 1.20 bits per heavy atom. The fourth-order valence-corrected chi connectivity index (χ4v) is 8.20. The summed E-state index contributed by atoms with van der Waals surface area (Å²) in [6.45, 7) is 8.20. The lowest BCUT2D eigenvalue weighted by Gasteiger charge is -2.38. The molecule has 3 aromatic rings. The number of carbonyl (C=O) groups is 1. The highest BCUT2D eigenvalue weighted by atomic mass is 32.1. The molecule has 0 bridgehead atoms. The Labute approximate surface area is 262 Å². The van der Waals surface area contributed by atoms with E-state index in [4.69, 9.17) is 14.2 Å². The highest BCUT2D eigenvalue weighted by Gasteiger charge is 2.50. The number of hydrogen-bond donors (Lipinski definition) is 1. The van der Waals surface area contributed by atoms with Gasteiger partial charge in [0, 0.05) is 53.6 Å². The van der Waals surface area contributed by atoms with Crippen molar-refractivity contribution in [1.82, 2.24) is 9.88 Å². The van der Waals surface area contributed by atoms with Crippen LogP contribution in [0.1, 0.15) is 74.8 Å². The molecule has 0 radical (unpaired) electrons. The number of nitrogens with zero attached hydrogens (tertiary/aromatic N) is 4. The summed E-state index contributed by atoms with van der Waals surface area (Å²) >= 11 is 1.55. The van der Waals surface area contributed by atoms with Gasteiger partial charge in [-0.25, -0.2) is 4.79 Å². The predicted octanol–water partition coefficient (Wildman–Crippen LogP) is 6.17. The van der Waals surface area contributed by atoms with E-state index in [1.807, 2.05) is 50.1 Å². The largest absolute Gasteiger partial charge is 0.444 e. The van der Waals surface area contributed by atoms with E-state index in [1.165, 1.54) is 5.56 Å². The van der Waals surface area contributed by atoms with E-state index in [0.717, 1.165) is 70.6 Å². The number of pyridine rings is 1. The minimum atomic E-state index is -0.603. The van der Waals surface area contributed by atoms with Crippen molar-refractivity contribution in [2.24, 2.45) is 5.92 Å². The third-order valence-corrected chi connectivity index (χ3v) is 10.4. The monoisotopic (exact) mass is 616 g/mol. The molecule has 44 heavy (non-hydrogen) atoms. The molecule has 232 valence electrons. The summed E-state index contributed by atoms with van der Waals surface area (Å²) in [5.41, 5.74) is 5.30. The first-order valence-corrected chi connectivity index (χ1v) is 16.6. The number of ether oxygens (including phenoxy) is 3. The molecule has 3 aliphatic heterocycles. The molecule has 1 saturated carbocycles.